The number of nitrogens with zero attached hydrogens (tertiary/aromatic N) is 5. The van der Waals surface area contributed by atoms with Gasteiger partial charge in [-0.15, -0.1) is 5.10 Å². The Morgan fingerprint density at radius 1 is 1.26 bits per heavy atom. The van der Waals surface area contributed by atoms with Crippen molar-refractivity contribution in [3.05, 3.63) is 6.33 Å². The van der Waals surface area contributed by atoms with Crippen molar-refractivity contribution in [1.82, 2.24) is 35.7 Å². The number of hydrogen-bond acceptors (Lipinski definition) is 7. The number of rotatable bonds is 12. The van der Waals surface area contributed by atoms with E-state index >= 15 is 0 Å². The van der Waals surface area contributed by atoms with Crippen LogP contribution in [0.3, 0.4) is 0 Å². The zero-order chi connectivity index (χ0) is 20.5. The van der Waals surface area contributed by atoms with Crippen molar-refractivity contribution in [3.63, 3.8) is 0 Å². The minimum Gasteiger partial charge on any atom is -0.365 e. The van der Waals surface area contributed by atoms with Crippen LogP contribution in [-0.2, 0) is 20.9 Å². The molecule has 0 aliphatic carbocycles. The molecular formula is C17H33N7O3. The van der Waals surface area contributed by atoms with Crippen molar-refractivity contribution in [1.29, 1.82) is 0 Å². The molecule has 10 nitrogen and oxygen atoms in total. The minimum atomic E-state index is -1.000. The van der Waals surface area contributed by atoms with Crippen LogP contribution in [0, 0.1) is 5.41 Å². The summed E-state index contributed by atoms with van der Waals surface area (Å²) in [5.41, 5.74) is -1.10. The number of carbonyl (C=O) groups excluding carboxylic acids is 2. The van der Waals surface area contributed by atoms with Gasteiger partial charge in [0.2, 0.25) is 5.91 Å². The average Bonchev–Trinajstić information content (AvgIpc) is 3.10. The largest absolute Gasteiger partial charge is 0.365 e. The number of ether oxygens (including phenoxy) is 1. The molecule has 1 heterocycles. The highest BCUT2D eigenvalue weighted by Gasteiger charge is 2.34. The second-order valence-corrected chi connectivity index (χ2v) is 7.93. The van der Waals surface area contributed by atoms with Crippen molar-refractivity contribution in [2.45, 2.75) is 46.3 Å². The molecule has 1 rings (SSSR count). The fraction of sp³-hybridized carbons (Fsp3) is 0.824. The topological polar surface area (TPSA) is 114 Å². The molecule has 0 saturated heterocycles. The zero-order valence-electron chi connectivity index (χ0n) is 17.3. The van der Waals surface area contributed by atoms with Gasteiger partial charge in [-0.25, -0.2) is 4.68 Å². The Bertz CT molecular complexity index is 587. The van der Waals surface area contributed by atoms with E-state index < -0.39 is 5.60 Å². The molecule has 10 heteroatoms. The summed E-state index contributed by atoms with van der Waals surface area (Å²) in [6, 6.07) is 0. The lowest BCUT2D eigenvalue weighted by molar-refractivity contribution is -0.157. The van der Waals surface area contributed by atoms with Gasteiger partial charge < -0.3 is 20.3 Å². The Labute approximate surface area is 161 Å². The highest BCUT2D eigenvalue weighted by Crippen LogP contribution is 2.20. The van der Waals surface area contributed by atoms with Gasteiger partial charge in [-0.2, -0.15) is 0 Å². The number of carbonyl (C=O) groups is 2. The number of nitrogens with one attached hydrogen (secondary N) is 2. The molecule has 0 spiro atoms. The van der Waals surface area contributed by atoms with Gasteiger partial charge in [-0.3, -0.25) is 9.59 Å². The van der Waals surface area contributed by atoms with Crippen molar-refractivity contribution >= 4 is 11.8 Å². The van der Waals surface area contributed by atoms with E-state index in [-0.39, 0.29) is 23.8 Å². The quantitative estimate of drug-likeness (QED) is 0.475. The fourth-order valence-electron chi connectivity index (χ4n) is 2.52. The van der Waals surface area contributed by atoms with E-state index in [1.165, 1.54) is 11.2 Å². The van der Waals surface area contributed by atoms with E-state index in [2.05, 4.69) is 40.0 Å². The van der Waals surface area contributed by atoms with Crippen LogP contribution in [0.1, 0.15) is 34.1 Å². The molecule has 0 fully saturated rings. The molecule has 0 unspecified atom stereocenters. The molecular weight excluding hydrogens is 350 g/mol. The Kier molecular flexibility index (Phi) is 8.77. The minimum absolute atomic E-state index is 0.0174. The van der Waals surface area contributed by atoms with Gasteiger partial charge in [0.05, 0.1) is 13.2 Å². The van der Waals surface area contributed by atoms with E-state index in [4.69, 9.17) is 4.74 Å². The lowest BCUT2D eigenvalue weighted by atomic mass is 9.94. The molecule has 0 saturated carbocycles. The molecule has 2 amide bonds. The van der Waals surface area contributed by atoms with E-state index in [1.807, 2.05) is 7.05 Å². The summed E-state index contributed by atoms with van der Waals surface area (Å²) in [5, 5.41) is 16.7. The predicted molar refractivity (Wildman–Crippen MR) is 101 cm³/mol. The lowest BCUT2D eigenvalue weighted by Crippen LogP contribution is -2.49. The number of aromatic nitrogens is 4. The highest BCUT2D eigenvalue weighted by atomic mass is 16.5. The summed E-state index contributed by atoms with van der Waals surface area (Å²) in [5.74, 6) is -0.444. The summed E-state index contributed by atoms with van der Waals surface area (Å²) in [4.78, 5) is 26.1. The summed E-state index contributed by atoms with van der Waals surface area (Å²) in [7, 11) is 3.49. The van der Waals surface area contributed by atoms with Crippen LogP contribution < -0.4 is 10.6 Å². The third-order valence-electron chi connectivity index (χ3n) is 4.00. The van der Waals surface area contributed by atoms with E-state index in [1.54, 1.807) is 25.6 Å². The summed E-state index contributed by atoms with van der Waals surface area (Å²) in [6.45, 7) is 9.88. The Hall–Kier alpha value is -2.07. The second kappa shape index (κ2) is 10.3. The molecule has 1 aromatic heterocycles. The van der Waals surface area contributed by atoms with Gasteiger partial charge >= 0.3 is 0 Å². The van der Waals surface area contributed by atoms with Crippen LogP contribution in [0.25, 0.3) is 0 Å². The second-order valence-electron chi connectivity index (χ2n) is 7.93. The third kappa shape index (κ3) is 8.44. The summed E-state index contributed by atoms with van der Waals surface area (Å²) < 4.78 is 7.46. The fourth-order valence-corrected chi connectivity index (χ4v) is 2.52. The molecule has 1 aromatic rings. The normalized spacial score (nSPS) is 12.1. The third-order valence-corrected chi connectivity index (χ3v) is 4.00. The molecule has 0 aliphatic heterocycles. The molecule has 0 atom stereocenters. The average molecular weight is 383 g/mol. The molecule has 154 valence electrons. The Balaban J connectivity index is 2.36. The van der Waals surface area contributed by atoms with Crippen molar-refractivity contribution in [2.75, 3.05) is 40.3 Å². The number of aryl methyl sites for hydroxylation is 1. The maximum atomic E-state index is 12.6. The monoisotopic (exact) mass is 383 g/mol. The van der Waals surface area contributed by atoms with Gasteiger partial charge in [-0.05, 0) is 37.7 Å². The van der Waals surface area contributed by atoms with Crippen LogP contribution in [0.4, 0.5) is 0 Å². The van der Waals surface area contributed by atoms with Crippen LogP contribution in [0.15, 0.2) is 6.33 Å². The SMILES string of the molecule is CNCC(C)(C)COC(C)(C)C(=O)N(C)CC(=O)NCCCn1cnnn1. The molecule has 0 bridgehead atoms. The van der Waals surface area contributed by atoms with E-state index in [9.17, 15) is 9.59 Å². The number of tetrazole rings is 1. The van der Waals surface area contributed by atoms with Crippen molar-refractivity contribution in [2.24, 2.45) is 5.41 Å². The van der Waals surface area contributed by atoms with E-state index in [0.29, 0.717) is 26.1 Å². The maximum Gasteiger partial charge on any atom is 0.254 e. The number of likely N-dealkylation sites (N-methyl/N-ethyl adjacent to an activating group) is 1. The van der Waals surface area contributed by atoms with Gasteiger partial charge in [0.15, 0.2) is 0 Å². The first-order chi connectivity index (χ1) is 12.6. The van der Waals surface area contributed by atoms with Gasteiger partial charge in [0.1, 0.15) is 11.9 Å². The molecule has 0 aromatic carbocycles. The Morgan fingerprint density at radius 3 is 2.56 bits per heavy atom. The number of amides is 2. The molecule has 0 radical (unpaired) electrons. The maximum absolute atomic E-state index is 12.6. The van der Waals surface area contributed by atoms with Gasteiger partial charge in [0.25, 0.3) is 5.91 Å². The van der Waals surface area contributed by atoms with Crippen LogP contribution in [0.2, 0.25) is 0 Å². The highest BCUT2D eigenvalue weighted by molar-refractivity contribution is 5.88. The standard InChI is InChI=1S/C17H33N7O3/c1-16(2,11-18-5)12-27-17(3,4)15(26)23(6)10-14(25)19-8-7-9-24-13-20-21-22-24/h13,18H,7-12H2,1-6H3,(H,19,25). The van der Waals surface area contributed by atoms with Crippen LogP contribution >= 0.6 is 0 Å². The first kappa shape index (κ1) is 23.0. The van der Waals surface area contributed by atoms with Gasteiger partial charge in [-0.1, -0.05) is 13.8 Å². The smallest absolute Gasteiger partial charge is 0.254 e. The van der Waals surface area contributed by atoms with Crippen LogP contribution in [-0.4, -0.2) is 82.9 Å². The number of hydrogen-bond donors (Lipinski definition) is 2. The van der Waals surface area contributed by atoms with E-state index in [0.717, 1.165) is 6.54 Å². The van der Waals surface area contributed by atoms with Gasteiger partial charge in [0, 0.05) is 32.1 Å². The first-order valence-electron chi connectivity index (χ1n) is 9.09. The lowest BCUT2D eigenvalue weighted by Gasteiger charge is -2.33. The Morgan fingerprint density at radius 2 is 1.96 bits per heavy atom. The molecule has 0 aliphatic rings. The summed E-state index contributed by atoms with van der Waals surface area (Å²) in [6.07, 6.45) is 2.22. The van der Waals surface area contributed by atoms with Crippen LogP contribution in [0.5, 0.6) is 0 Å². The predicted octanol–water partition coefficient (Wildman–Crippen LogP) is -0.321. The molecule has 2 N–H and O–H groups in total. The summed E-state index contributed by atoms with van der Waals surface area (Å²) >= 11 is 0. The first-order valence-corrected chi connectivity index (χ1v) is 9.09. The zero-order valence-corrected chi connectivity index (χ0v) is 17.3. The molecule has 27 heavy (non-hydrogen) atoms. The van der Waals surface area contributed by atoms with Crippen molar-refractivity contribution in [3.8, 4) is 0 Å². The van der Waals surface area contributed by atoms with Crippen molar-refractivity contribution < 1.29 is 14.3 Å².